The van der Waals surface area contributed by atoms with E-state index in [-0.39, 0.29) is 5.91 Å². The Bertz CT molecular complexity index is 841. The Hall–Kier alpha value is -2.83. The molecule has 25 heavy (non-hydrogen) atoms. The maximum atomic E-state index is 12.6. The molecule has 0 saturated carbocycles. The third-order valence-corrected chi connectivity index (χ3v) is 4.77. The largest absolute Gasteiger partial charge is 0.461 e. The van der Waals surface area contributed by atoms with E-state index in [1.807, 2.05) is 24.2 Å². The summed E-state index contributed by atoms with van der Waals surface area (Å²) in [5.41, 5.74) is 0.329. The molecule has 0 aromatic carbocycles. The minimum absolute atomic E-state index is 0.0844. The van der Waals surface area contributed by atoms with Crippen LogP contribution in [-0.4, -0.2) is 38.6 Å². The summed E-state index contributed by atoms with van der Waals surface area (Å²) < 4.78 is 12.7. The lowest BCUT2D eigenvalue weighted by Gasteiger charge is -2.31. The molecule has 3 aromatic heterocycles. The molecular formula is C18H20N4O3. The lowest BCUT2D eigenvalue weighted by molar-refractivity contribution is 0.0672. The van der Waals surface area contributed by atoms with Gasteiger partial charge in [-0.3, -0.25) is 4.79 Å². The van der Waals surface area contributed by atoms with Crippen LogP contribution in [-0.2, 0) is 6.54 Å². The smallest absolute Gasteiger partial charge is 0.276 e. The minimum Gasteiger partial charge on any atom is -0.461 e. The van der Waals surface area contributed by atoms with E-state index in [9.17, 15) is 4.79 Å². The molecule has 7 heteroatoms. The average Bonchev–Trinajstić information content (AvgIpc) is 3.37. The number of rotatable bonds is 4. The van der Waals surface area contributed by atoms with Crippen molar-refractivity contribution < 1.29 is 13.7 Å². The highest BCUT2D eigenvalue weighted by molar-refractivity contribution is 5.93. The van der Waals surface area contributed by atoms with Crippen LogP contribution in [0, 0.1) is 12.8 Å². The Labute approximate surface area is 145 Å². The number of aromatic nitrogens is 3. The van der Waals surface area contributed by atoms with Gasteiger partial charge in [0.05, 0.1) is 6.26 Å². The summed E-state index contributed by atoms with van der Waals surface area (Å²) in [6, 6.07) is 5.19. The zero-order valence-corrected chi connectivity index (χ0v) is 14.1. The van der Waals surface area contributed by atoms with Gasteiger partial charge in [-0.1, -0.05) is 5.16 Å². The predicted molar refractivity (Wildman–Crippen MR) is 89.8 cm³/mol. The van der Waals surface area contributed by atoms with Gasteiger partial charge in [0.2, 0.25) is 5.76 Å². The number of carbonyl (C=O) groups excluding carboxylic acids is 1. The standard InChI is InChI=1S/C18H20N4O3/c1-13-19-6-9-22(13)12-14-4-7-21(8-5-14)18(23)15-11-17(25-20-15)16-3-2-10-24-16/h2-3,6,9-11,14H,4-5,7-8,12H2,1H3. The summed E-state index contributed by atoms with van der Waals surface area (Å²) in [5, 5.41) is 3.90. The number of amides is 1. The van der Waals surface area contributed by atoms with Crippen LogP contribution in [0.5, 0.6) is 0 Å². The molecule has 7 nitrogen and oxygen atoms in total. The van der Waals surface area contributed by atoms with E-state index < -0.39 is 0 Å². The molecular weight excluding hydrogens is 320 g/mol. The highest BCUT2D eigenvalue weighted by Gasteiger charge is 2.26. The zero-order chi connectivity index (χ0) is 17.2. The molecule has 0 spiro atoms. The molecule has 1 aliphatic rings. The van der Waals surface area contributed by atoms with Crippen molar-refractivity contribution in [2.45, 2.75) is 26.3 Å². The fraction of sp³-hybridized carbons (Fsp3) is 0.389. The first-order valence-electron chi connectivity index (χ1n) is 8.48. The number of nitrogens with zero attached hydrogens (tertiary/aromatic N) is 4. The molecule has 1 aliphatic heterocycles. The quantitative estimate of drug-likeness (QED) is 0.729. The number of hydrogen-bond acceptors (Lipinski definition) is 5. The normalized spacial score (nSPS) is 15.6. The molecule has 3 aromatic rings. The van der Waals surface area contributed by atoms with Crippen molar-refractivity contribution >= 4 is 5.91 Å². The molecule has 4 rings (SSSR count). The summed E-state index contributed by atoms with van der Waals surface area (Å²) in [4.78, 5) is 18.7. The van der Waals surface area contributed by atoms with Gasteiger partial charge in [-0.2, -0.15) is 0 Å². The predicted octanol–water partition coefficient (Wildman–Crippen LogP) is 2.99. The molecule has 0 radical (unpaired) electrons. The molecule has 0 bridgehead atoms. The Kier molecular flexibility index (Phi) is 4.13. The lowest BCUT2D eigenvalue weighted by Crippen LogP contribution is -2.39. The number of furan rings is 1. The van der Waals surface area contributed by atoms with E-state index in [1.54, 1.807) is 24.5 Å². The second kappa shape index (κ2) is 6.58. The van der Waals surface area contributed by atoms with E-state index in [2.05, 4.69) is 14.7 Å². The monoisotopic (exact) mass is 340 g/mol. The highest BCUT2D eigenvalue weighted by atomic mass is 16.5. The molecule has 0 N–H and O–H groups in total. The van der Waals surface area contributed by atoms with Crippen LogP contribution >= 0.6 is 0 Å². The van der Waals surface area contributed by atoms with Gasteiger partial charge >= 0.3 is 0 Å². The van der Waals surface area contributed by atoms with Crippen molar-refractivity contribution in [2.75, 3.05) is 13.1 Å². The molecule has 1 fully saturated rings. The van der Waals surface area contributed by atoms with E-state index in [4.69, 9.17) is 8.94 Å². The molecule has 130 valence electrons. The summed E-state index contributed by atoms with van der Waals surface area (Å²) in [7, 11) is 0. The van der Waals surface area contributed by atoms with Crippen molar-refractivity contribution in [3.8, 4) is 11.5 Å². The summed E-state index contributed by atoms with van der Waals surface area (Å²) in [6.45, 7) is 4.45. The zero-order valence-electron chi connectivity index (χ0n) is 14.1. The number of piperidine rings is 1. The summed E-state index contributed by atoms with van der Waals surface area (Å²) >= 11 is 0. The van der Waals surface area contributed by atoms with Gasteiger partial charge in [0.1, 0.15) is 5.82 Å². The van der Waals surface area contributed by atoms with Crippen LogP contribution in [0.4, 0.5) is 0 Å². The van der Waals surface area contributed by atoms with Gasteiger partial charge in [0.15, 0.2) is 11.5 Å². The minimum atomic E-state index is -0.0844. The Balaban J connectivity index is 1.36. The summed E-state index contributed by atoms with van der Waals surface area (Å²) in [5.74, 6) is 2.55. The number of imidazole rings is 1. The van der Waals surface area contributed by atoms with Gasteiger partial charge in [-0.25, -0.2) is 4.98 Å². The van der Waals surface area contributed by atoms with Crippen molar-refractivity contribution in [1.29, 1.82) is 0 Å². The fourth-order valence-corrected chi connectivity index (χ4v) is 3.27. The number of carbonyl (C=O) groups is 1. The second-order valence-electron chi connectivity index (χ2n) is 6.42. The highest BCUT2D eigenvalue weighted by Crippen LogP contribution is 2.24. The van der Waals surface area contributed by atoms with Crippen LogP contribution < -0.4 is 0 Å². The Morgan fingerprint density at radius 3 is 2.84 bits per heavy atom. The third kappa shape index (κ3) is 3.22. The first-order chi connectivity index (χ1) is 12.2. The maximum Gasteiger partial charge on any atom is 0.276 e. The molecule has 4 heterocycles. The SMILES string of the molecule is Cc1nccn1CC1CCN(C(=O)c2cc(-c3ccco3)on2)CC1. The van der Waals surface area contributed by atoms with Crippen molar-refractivity contribution in [2.24, 2.45) is 5.92 Å². The number of likely N-dealkylation sites (tertiary alicyclic amines) is 1. The Morgan fingerprint density at radius 1 is 1.32 bits per heavy atom. The van der Waals surface area contributed by atoms with Crippen LogP contribution in [0.2, 0.25) is 0 Å². The molecule has 1 saturated heterocycles. The second-order valence-corrected chi connectivity index (χ2v) is 6.42. The van der Waals surface area contributed by atoms with E-state index in [0.717, 1.165) is 38.3 Å². The molecule has 0 atom stereocenters. The van der Waals surface area contributed by atoms with Crippen LogP contribution in [0.25, 0.3) is 11.5 Å². The molecule has 0 aliphatic carbocycles. The van der Waals surface area contributed by atoms with Gasteiger partial charge in [-0.05, 0) is 37.8 Å². The van der Waals surface area contributed by atoms with Crippen LogP contribution in [0.15, 0.2) is 45.8 Å². The topological polar surface area (TPSA) is 77.3 Å². The van der Waals surface area contributed by atoms with E-state index in [1.165, 1.54) is 0 Å². The molecule has 1 amide bonds. The van der Waals surface area contributed by atoms with Gasteiger partial charge in [0.25, 0.3) is 5.91 Å². The van der Waals surface area contributed by atoms with Crippen LogP contribution in [0.3, 0.4) is 0 Å². The average molecular weight is 340 g/mol. The third-order valence-electron chi connectivity index (χ3n) is 4.77. The van der Waals surface area contributed by atoms with Crippen molar-refractivity contribution in [3.05, 3.63) is 48.4 Å². The first kappa shape index (κ1) is 15.7. The van der Waals surface area contributed by atoms with E-state index in [0.29, 0.717) is 23.1 Å². The fourth-order valence-electron chi connectivity index (χ4n) is 3.27. The number of hydrogen-bond donors (Lipinski definition) is 0. The van der Waals surface area contributed by atoms with Crippen molar-refractivity contribution in [3.63, 3.8) is 0 Å². The molecule has 0 unspecified atom stereocenters. The summed E-state index contributed by atoms with van der Waals surface area (Å²) in [6.07, 6.45) is 7.36. The van der Waals surface area contributed by atoms with Gasteiger partial charge in [0, 0.05) is 38.1 Å². The van der Waals surface area contributed by atoms with Crippen LogP contribution in [0.1, 0.15) is 29.2 Å². The van der Waals surface area contributed by atoms with Gasteiger partial charge < -0.3 is 18.4 Å². The maximum absolute atomic E-state index is 12.6. The Morgan fingerprint density at radius 2 is 2.16 bits per heavy atom. The number of aryl methyl sites for hydroxylation is 1. The van der Waals surface area contributed by atoms with Gasteiger partial charge in [-0.15, -0.1) is 0 Å². The first-order valence-corrected chi connectivity index (χ1v) is 8.48. The van der Waals surface area contributed by atoms with Crippen molar-refractivity contribution in [1.82, 2.24) is 19.6 Å². The lowest BCUT2D eigenvalue weighted by atomic mass is 9.96. The van der Waals surface area contributed by atoms with E-state index >= 15 is 0 Å².